The Labute approximate surface area is 260 Å². The Hall–Kier alpha value is -3.86. The molecule has 44 heavy (non-hydrogen) atoms. The van der Waals surface area contributed by atoms with Crippen LogP contribution in [0, 0.1) is 11.7 Å². The molecule has 0 N–H and O–H groups in total. The van der Waals surface area contributed by atoms with E-state index in [1.807, 2.05) is 0 Å². The highest BCUT2D eigenvalue weighted by Crippen LogP contribution is 2.67. The maximum Gasteiger partial charge on any atom is 0.230 e. The lowest BCUT2D eigenvalue weighted by Crippen LogP contribution is -2.79. The minimum absolute atomic E-state index is 0.0851. The summed E-state index contributed by atoms with van der Waals surface area (Å²) in [6.07, 6.45) is 7.51. The van der Waals surface area contributed by atoms with E-state index in [0.717, 1.165) is 42.6 Å². The molecule has 0 bridgehead atoms. The van der Waals surface area contributed by atoms with E-state index in [1.165, 1.54) is 39.0 Å². The van der Waals surface area contributed by atoms with Crippen molar-refractivity contribution >= 4 is 10.8 Å². The minimum Gasteiger partial charge on any atom is -0.258 e. The van der Waals surface area contributed by atoms with Gasteiger partial charge in [0.1, 0.15) is 18.6 Å². The predicted molar refractivity (Wildman–Crippen MR) is 173 cm³/mol. The largest absolute Gasteiger partial charge is 0.258 e. The fourth-order valence-electron chi connectivity index (χ4n) is 9.90. The maximum atomic E-state index is 16.2. The lowest BCUT2D eigenvalue weighted by atomic mass is 9.41. The number of benzene rings is 2. The standard InChI is InChI=1S/C39H43FN4/c1-8-38-22-26(23-44-32(21-30(41-44)24(3)4)31-15-10-11-19-42(31)7)39(38,9-2)28-16-17-29(40)35-34(28)36-33-25(18-20-43(36)38)13-12-14-27(33)37(35,5)6/h10-21,24,26H,8-9,22-23H2,1-7H3/q+2. The molecule has 5 aromatic rings. The van der Waals surface area contributed by atoms with Crippen LogP contribution in [0.1, 0.15) is 89.1 Å². The number of aromatic nitrogens is 4. The lowest BCUT2D eigenvalue weighted by Gasteiger charge is -2.63. The van der Waals surface area contributed by atoms with Gasteiger partial charge in [-0.25, -0.2) is 4.39 Å². The molecular weight excluding hydrogens is 543 g/mol. The van der Waals surface area contributed by atoms with E-state index in [4.69, 9.17) is 5.10 Å². The van der Waals surface area contributed by atoms with Crippen LogP contribution < -0.4 is 9.13 Å². The number of pyridine rings is 2. The number of nitrogens with zero attached hydrogens (tertiary/aromatic N) is 4. The molecule has 0 saturated heterocycles. The molecule has 0 amide bonds. The summed E-state index contributed by atoms with van der Waals surface area (Å²) < 4.78 is 23.3. The van der Waals surface area contributed by atoms with Gasteiger partial charge in [0, 0.05) is 54.5 Å². The van der Waals surface area contributed by atoms with Gasteiger partial charge in [0.25, 0.3) is 0 Å². The number of halogens is 1. The first-order chi connectivity index (χ1) is 21.1. The van der Waals surface area contributed by atoms with E-state index in [2.05, 4.69) is 129 Å². The van der Waals surface area contributed by atoms with Crippen LogP contribution in [0.25, 0.3) is 33.4 Å². The van der Waals surface area contributed by atoms with Gasteiger partial charge in [-0.3, -0.25) is 4.68 Å². The summed E-state index contributed by atoms with van der Waals surface area (Å²) in [5, 5.41) is 7.78. The highest BCUT2D eigenvalue weighted by molar-refractivity contribution is 6.01. The Morgan fingerprint density at radius 1 is 0.977 bits per heavy atom. The van der Waals surface area contributed by atoms with Gasteiger partial charge in [0.05, 0.1) is 22.1 Å². The van der Waals surface area contributed by atoms with E-state index in [9.17, 15) is 0 Å². The molecule has 0 spiro atoms. The van der Waals surface area contributed by atoms with E-state index in [1.54, 1.807) is 6.07 Å². The summed E-state index contributed by atoms with van der Waals surface area (Å²) in [4.78, 5) is 0. The van der Waals surface area contributed by atoms with Gasteiger partial charge < -0.3 is 0 Å². The SMILES string of the molecule is CCC12c3ccc(F)c4c3-c3c5c(cccc5cc[n+]3C1(CC)CC2Cn1nc(C(C)C)cc1-c1cccc[n+]1C)C4(C)C. The van der Waals surface area contributed by atoms with Gasteiger partial charge in [-0.15, -0.1) is 0 Å². The van der Waals surface area contributed by atoms with Crippen molar-refractivity contribution in [3.05, 3.63) is 101 Å². The van der Waals surface area contributed by atoms with Gasteiger partial charge >= 0.3 is 0 Å². The van der Waals surface area contributed by atoms with Crippen LogP contribution >= 0.6 is 0 Å². The van der Waals surface area contributed by atoms with Crippen LogP contribution in [0.2, 0.25) is 0 Å². The van der Waals surface area contributed by atoms with Crippen molar-refractivity contribution < 1.29 is 13.5 Å². The molecule has 3 aliphatic rings. The van der Waals surface area contributed by atoms with Gasteiger partial charge in [0.2, 0.25) is 11.4 Å². The zero-order chi connectivity index (χ0) is 30.8. The Bertz CT molecular complexity index is 2000. The first-order valence-electron chi connectivity index (χ1n) is 16.5. The first kappa shape index (κ1) is 27.7. The lowest BCUT2D eigenvalue weighted by molar-refractivity contribution is -0.787. The minimum atomic E-state index is -0.440. The summed E-state index contributed by atoms with van der Waals surface area (Å²) in [6, 6.07) is 21.5. The van der Waals surface area contributed by atoms with Crippen LogP contribution in [0.4, 0.5) is 4.39 Å². The van der Waals surface area contributed by atoms with Crippen molar-refractivity contribution in [2.24, 2.45) is 13.0 Å². The first-order valence-corrected chi connectivity index (χ1v) is 16.5. The van der Waals surface area contributed by atoms with Crippen LogP contribution in [0.15, 0.2) is 73.1 Å². The molecule has 3 unspecified atom stereocenters. The molecule has 4 heterocycles. The molecule has 224 valence electrons. The fourth-order valence-corrected chi connectivity index (χ4v) is 9.90. The van der Waals surface area contributed by atoms with Gasteiger partial charge in [-0.05, 0) is 47.1 Å². The van der Waals surface area contributed by atoms with Crippen molar-refractivity contribution in [2.45, 2.75) is 89.6 Å². The zero-order valence-corrected chi connectivity index (χ0v) is 27.1. The van der Waals surface area contributed by atoms with Crippen molar-refractivity contribution in [3.8, 4) is 22.6 Å². The normalized spacial score (nSPS) is 24.0. The molecule has 2 aliphatic carbocycles. The number of hydrogen-bond acceptors (Lipinski definition) is 1. The predicted octanol–water partition coefficient (Wildman–Crippen LogP) is 7.87. The van der Waals surface area contributed by atoms with Crippen LogP contribution in [-0.2, 0) is 30.0 Å². The molecule has 0 radical (unpaired) electrons. The van der Waals surface area contributed by atoms with E-state index >= 15 is 4.39 Å². The third kappa shape index (κ3) is 3.15. The molecule has 1 saturated carbocycles. The van der Waals surface area contributed by atoms with Gasteiger partial charge in [0.15, 0.2) is 17.9 Å². The molecule has 2 aromatic carbocycles. The number of aryl methyl sites for hydroxylation is 1. The number of fused-ring (bicyclic) bond motifs is 3. The Balaban J connectivity index is 1.38. The second-order valence-electron chi connectivity index (χ2n) is 14.4. The highest BCUT2D eigenvalue weighted by Gasteiger charge is 2.74. The average molecular weight is 587 g/mol. The molecule has 4 nitrogen and oxygen atoms in total. The highest BCUT2D eigenvalue weighted by atomic mass is 19.1. The van der Waals surface area contributed by atoms with Gasteiger partial charge in [-0.2, -0.15) is 14.2 Å². The quantitative estimate of drug-likeness (QED) is 0.186. The molecule has 3 atom stereocenters. The number of rotatable bonds is 6. The van der Waals surface area contributed by atoms with Crippen LogP contribution in [0.3, 0.4) is 0 Å². The summed E-state index contributed by atoms with van der Waals surface area (Å²) in [5.41, 5.74) is 8.59. The van der Waals surface area contributed by atoms with E-state index < -0.39 is 5.41 Å². The van der Waals surface area contributed by atoms with Crippen molar-refractivity contribution in [1.29, 1.82) is 0 Å². The van der Waals surface area contributed by atoms with E-state index in [0.29, 0.717) is 11.8 Å². The third-order valence-electron chi connectivity index (χ3n) is 12.0. The maximum absolute atomic E-state index is 16.2. The topological polar surface area (TPSA) is 25.6 Å². The second kappa shape index (κ2) is 9.09. The Kier molecular flexibility index (Phi) is 5.72. The summed E-state index contributed by atoms with van der Waals surface area (Å²) in [6.45, 7) is 14.4. The van der Waals surface area contributed by atoms with Crippen LogP contribution in [-0.4, -0.2) is 9.78 Å². The Morgan fingerprint density at radius 2 is 1.80 bits per heavy atom. The van der Waals surface area contributed by atoms with Crippen molar-refractivity contribution in [3.63, 3.8) is 0 Å². The molecule has 8 rings (SSSR count). The molecule has 5 heteroatoms. The monoisotopic (exact) mass is 586 g/mol. The smallest absolute Gasteiger partial charge is 0.230 e. The van der Waals surface area contributed by atoms with Gasteiger partial charge in [-0.1, -0.05) is 65.8 Å². The summed E-state index contributed by atoms with van der Waals surface area (Å²) in [7, 11) is 2.11. The fraction of sp³-hybridized carbons (Fsp3) is 0.410. The molecule has 1 fully saturated rings. The molecule has 3 aromatic heterocycles. The average Bonchev–Trinajstić information content (AvgIpc) is 3.42. The summed E-state index contributed by atoms with van der Waals surface area (Å²) >= 11 is 0. The molecule has 1 aliphatic heterocycles. The zero-order valence-electron chi connectivity index (χ0n) is 27.1. The van der Waals surface area contributed by atoms with Crippen molar-refractivity contribution in [2.75, 3.05) is 0 Å². The third-order valence-corrected chi connectivity index (χ3v) is 12.0. The summed E-state index contributed by atoms with van der Waals surface area (Å²) in [5.74, 6) is 0.600. The van der Waals surface area contributed by atoms with Crippen LogP contribution in [0.5, 0.6) is 0 Å². The second-order valence-corrected chi connectivity index (χ2v) is 14.4. The van der Waals surface area contributed by atoms with Crippen molar-refractivity contribution in [1.82, 2.24) is 9.78 Å². The molecular formula is C39H43FN4+2. The number of hydrogen-bond donors (Lipinski definition) is 0. The van der Waals surface area contributed by atoms with E-state index in [-0.39, 0.29) is 16.8 Å². The Morgan fingerprint density at radius 3 is 2.52 bits per heavy atom.